The number of anilines is 2. The van der Waals surface area contributed by atoms with Crippen molar-refractivity contribution in [1.29, 1.82) is 0 Å². The molecule has 5 heteroatoms. The fraction of sp³-hybridized carbons (Fsp3) is 0.176. The molecule has 0 aliphatic carbocycles. The van der Waals surface area contributed by atoms with E-state index in [1.807, 2.05) is 61.5 Å². The Morgan fingerprint density at radius 2 is 1.73 bits per heavy atom. The molecule has 1 aliphatic rings. The van der Waals surface area contributed by atoms with Crippen molar-refractivity contribution in [3.8, 4) is 0 Å². The molecule has 3 rings (SSSR count). The largest absolute Gasteiger partial charge is 0.347 e. The summed E-state index contributed by atoms with van der Waals surface area (Å²) in [6.07, 6.45) is 0.329. The van der Waals surface area contributed by atoms with E-state index in [4.69, 9.17) is 0 Å². The van der Waals surface area contributed by atoms with Crippen LogP contribution in [0.25, 0.3) is 0 Å². The number of nitrogens with zero attached hydrogens (tertiary/aromatic N) is 2. The topological polar surface area (TPSA) is 52.7 Å². The summed E-state index contributed by atoms with van der Waals surface area (Å²) in [6, 6.07) is 16.5. The monoisotopic (exact) mass is 295 g/mol. The van der Waals surface area contributed by atoms with Crippen LogP contribution >= 0.6 is 0 Å². The van der Waals surface area contributed by atoms with Gasteiger partial charge in [-0.3, -0.25) is 9.80 Å². The van der Waals surface area contributed by atoms with Gasteiger partial charge in [0.05, 0.1) is 5.69 Å². The average molecular weight is 295 g/mol. The van der Waals surface area contributed by atoms with Crippen LogP contribution in [0.15, 0.2) is 54.6 Å². The lowest BCUT2D eigenvalue weighted by Crippen LogP contribution is -2.46. The van der Waals surface area contributed by atoms with Gasteiger partial charge in [-0.2, -0.15) is 5.01 Å². The van der Waals surface area contributed by atoms with Crippen LogP contribution in [0.2, 0.25) is 0 Å². The number of hydrazine groups is 1. The lowest BCUT2D eigenvalue weighted by molar-refractivity contribution is -0.125. The van der Waals surface area contributed by atoms with Crippen molar-refractivity contribution in [3.05, 3.63) is 60.2 Å². The van der Waals surface area contributed by atoms with Crippen LogP contribution < -0.4 is 10.3 Å². The Morgan fingerprint density at radius 1 is 1.05 bits per heavy atom. The zero-order valence-corrected chi connectivity index (χ0v) is 12.3. The maximum Gasteiger partial charge on any atom is 0.347 e. The maximum atomic E-state index is 12.5. The number of nitrogens with one attached hydrogen (secondary N) is 1. The quantitative estimate of drug-likeness (QED) is 0.925. The number of carbonyl (C=O) groups excluding carboxylic acids is 2. The molecule has 1 saturated heterocycles. The van der Waals surface area contributed by atoms with E-state index in [1.165, 1.54) is 5.01 Å². The summed E-state index contributed by atoms with van der Waals surface area (Å²) in [4.78, 5) is 24.6. The number of amides is 3. The standard InChI is InChI=1S/C17H17N3O2/c1-13-7-5-6-10-15(13)18-17(22)20-16(21)11-12-19(20)14-8-3-2-4-9-14/h2-10H,11-12H2,1H3,(H,18,22). The number of hydrogen-bond donors (Lipinski definition) is 1. The van der Waals surface area contributed by atoms with Crippen LogP contribution in [-0.2, 0) is 4.79 Å². The highest BCUT2D eigenvalue weighted by atomic mass is 16.2. The van der Waals surface area contributed by atoms with Gasteiger partial charge in [0, 0.05) is 18.7 Å². The summed E-state index contributed by atoms with van der Waals surface area (Å²) >= 11 is 0. The van der Waals surface area contributed by atoms with Gasteiger partial charge < -0.3 is 5.32 Å². The van der Waals surface area contributed by atoms with Crippen molar-refractivity contribution >= 4 is 23.3 Å². The first kappa shape index (κ1) is 14.1. The highest BCUT2D eigenvalue weighted by molar-refractivity contribution is 6.04. The first-order chi connectivity index (χ1) is 10.7. The van der Waals surface area contributed by atoms with Crippen molar-refractivity contribution in [3.63, 3.8) is 0 Å². The molecule has 0 unspecified atom stereocenters. The van der Waals surface area contributed by atoms with Gasteiger partial charge in [0.15, 0.2) is 0 Å². The van der Waals surface area contributed by atoms with Gasteiger partial charge in [-0.25, -0.2) is 4.79 Å². The van der Waals surface area contributed by atoms with Gasteiger partial charge in [-0.15, -0.1) is 0 Å². The molecule has 2 aromatic carbocycles. The Morgan fingerprint density at radius 3 is 2.45 bits per heavy atom. The minimum Gasteiger partial charge on any atom is -0.306 e. The molecule has 22 heavy (non-hydrogen) atoms. The van der Waals surface area contributed by atoms with E-state index in [9.17, 15) is 9.59 Å². The van der Waals surface area contributed by atoms with Crippen molar-refractivity contribution in [2.24, 2.45) is 0 Å². The minimum atomic E-state index is -0.430. The summed E-state index contributed by atoms with van der Waals surface area (Å²) in [6.45, 7) is 2.42. The third-order valence-electron chi connectivity index (χ3n) is 3.65. The number of imide groups is 1. The number of benzene rings is 2. The predicted molar refractivity (Wildman–Crippen MR) is 85.4 cm³/mol. The van der Waals surface area contributed by atoms with Crippen molar-refractivity contribution < 1.29 is 9.59 Å². The van der Waals surface area contributed by atoms with Crippen LogP contribution in [0, 0.1) is 6.92 Å². The Kier molecular flexibility index (Phi) is 3.78. The van der Waals surface area contributed by atoms with E-state index in [0.29, 0.717) is 18.7 Å². The summed E-state index contributed by atoms with van der Waals surface area (Å²) < 4.78 is 0. The smallest absolute Gasteiger partial charge is 0.306 e. The Bertz CT molecular complexity index is 700. The summed E-state index contributed by atoms with van der Waals surface area (Å²) in [5, 5.41) is 5.69. The van der Waals surface area contributed by atoms with E-state index < -0.39 is 6.03 Å². The number of para-hydroxylation sites is 2. The predicted octanol–water partition coefficient (Wildman–Crippen LogP) is 3.18. The molecular formula is C17H17N3O2. The molecule has 0 bridgehead atoms. The van der Waals surface area contributed by atoms with Crippen LogP contribution in [0.4, 0.5) is 16.2 Å². The normalized spacial score (nSPS) is 14.3. The molecule has 112 valence electrons. The molecule has 0 aromatic heterocycles. The van der Waals surface area contributed by atoms with E-state index >= 15 is 0 Å². The van der Waals surface area contributed by atoms with Crippen molar-refractivity contribution in [1.82, 2.24) is 5.01 Å². The average Bonchev–Trinajstić information content (AvgIpc) is 2.92. The van der Waals surface area contributed by atoms with Crippen LogP contribution in [0.5, 0.6) is 0 Å². The molecule has 0 atom stereocenters. The minimum absolute atomic E-state index is 0.199. The van der Waals surface area contributed by atoms with Crippen molar-refractivity contribution in [2.45, 2.75) is 13.3 Å². The first-order valence-corrected chi connectivity index (χ1v) is 7.19. The highest BCUT2D eigenvalue weighted by Crippen LogP contribution is 2.23. The second kappa shape index (κ2) is 5.89. The number of urea groups is 1. The third kappa shape index (κ3) is 2.65. The zero-order chi connectivity index (χ0) is 15.5. The molecule has 5 nitrogen and oxygen atoms in total. The number of aryl methyl sites for hydroxylation is 1. The highest BCUT2D eigenvalue weighted by Gasteiger charge is 2.34. The molecule has 0 saturated carbocycles. The number of rotatable bonds is 2. The molecule has 0 radical (unpaired) electrons. The fourth-order valence-corrected chi connectivity index (χ4v) is 2.49. The van der Waals surface area contributed by atoms with Gasteiger partial charge >= 0.3 is 6.03 Å². The number of carbonyl (C=O) groups is 2. The maximum absolute atomic E-state index is 12.5. The van der Waals surface area contributed by atoms with E-state index in [0.717, 1.165) is 11.3 Å². The second-order valence-electron chi connectivity index (χ2n) is 5.16. The van der Waals surface area contributed by atoms with Crippen molar-refractivity contribution in [2.75, 3.05) is 16.9 Å². The van der Waals surface area contributed by atoms with Gasteiger partial charge in [0.2, 0.25) is 0 Å². The van der Waals surface area contributed by atoms with Gasteiger partial charge in [0.25, 0.3) is 5.91 Å². The Balaban J connectivity index is 1.83. The van der Waals surface area contributed by atoms with Crippen LogP contribution in [-0.4, -0.2) is 23.5 Å². The van der Waals surface area contributed by atoms with Crippen LogP contribution in [0.3, 0.4) is 0 Å². The lowest BCUT2D eigenvalue weighted by atomic mass is 10.2. The third-order valence-corrected chi connectivity index (χ3v) is 3.65. The Hall–Kier alpha value is -2.82. The van der Waals surface area contributed by atoms with Gasteiger partial charge in [-0.1, -0.05) is 36.4 Å². The summed E-state index contributed by atoms with van der Waals surface area (Å²) in [7, 11) is 0. The second-order valence-corrected chi connectivity index (χ2v) is 5.16. The summed E-state index contributed by atoms with van der Waals surface area (Å²) in [5.41, 5.74) is 2.49. The van der Waals surface area contributed by atoms with Crippen LogP contribution in [0.1, 0.15) is 12.0 Å². The fourth-order valence-electron chi connectivity index (χ4n) is 2.49. The Labute approximate surface area is 129 Å². The van der Waals surface area contributed by atoms with E-state index in [-0.39, 0.29) is 5.91 Å². The van der Waals surface area contributed by atoms with E-state index in [2.05, 4.69) is 5.32 Å². The zero-order valence-electron chi connectivity index (χ0n) is 12.3. The van der Waals surface area contributed by atoms with Gasteiger partial charge in [-0.05, 0) is 30.7 Å². The lowest BCUT2D eigenvalue weighted by Gasteiger charge is -2.28. The molecule has 1 heterocycles. The summed E-state index contributed by atoms with van der Waals surface area (Å²) in [5.74, 6) is -0.199. The molecule has 1 fully saturated rings. The molecule has 1 N–H and O–H groups in total. The molecule has 1 aliphatic heterocycles. The molecular weight excluding hydrogens is 278 g/mol. The molecule has 3 amide bonds. The first-order valence-electron chi connectivity index (χ1n) is 7.19. The van der Waals surface area contributed by atoms with E-state index in [1.54, 1.807) is 5.01 Å². The van der Waals surface area contributed by atoms with Gasteiger partial charge in [0.1, 0.15) is 0 Å². The number of hydrogen-bond acceptors (Lipinski definition) is 3. The molecule has 2 aromatic rings. The molecule has 0 spiro atoms. The SMILES string of the molecule is Cc1ccccc1NC(=O)N1C(=O)CCN1c1ccccc1.